The van der Waals surface area contributed by atoms with Gasteiger partial charge in [0.25, 0.3) is 0 Å². The first-order chi connectivity index (χ1) is 11.9. The van der Waals surface area contributed by atoms with E-state index < -0.39 is 10.3 Å². The monoisotopic (exact) mass is 359 g/mol. The standard InChI is InChI=1S/C19H21NO4S/c1-19-7-6-13-14(16(19)4-5-18(19)21)3-2-11-9-17-12(8-15(11)13)10-20-25(22,23)24-17/h8-10,13-14,16H,2-7H2,1H3/t13-,14+,16-,19-/m0/s1. The van der Waals surface area contributed by atoms with Crippen LogP contribution < -0.4 is 4.18 Å². The fourth-order valence-electron chi connectivity index (χ4n) is 5.82. The van der Waals surface area contributed by atoms with Gasteiger partial charge in [0.1, 0.15) is 5.78 Å². The maximum atomic E-state index is 12.4. The molecular formula is C19H21NO4S. The average molecular weight is 359 g/mol. The minimum Gasteiger partial charge on any atom is -0.365 e. The van der Waals surface area contributed by atoms with Crippen molar-refractivity contribution in [2.24, 2.45) is 21.6 Å². The van der Waals surface area contributed by atoms with Crippen LogP contribution in [0.1, 0.15) is 61.6 Å². The van der Waals surface area contributed by atoms with E-state index in [0.717, 1.165) is 44.1 Å². The molecule has 1 aliphatic heterocycles. The highest BCUT2D eigenvalue weighted by molar-refractivity contribution is 7.86. The summed E-state index contributed by atoms with van der Waals surface area (Å²) in [6, 6.07) is 3.95. The van der Waals surface area contributed by atoms with E-state index >= 15 is 0 Å². The second-order valence-corrected chi connectivity index (χ2v) is 9.40. The Kier molecular flexibility index (Phi) is 3.07. The van der Waals surface area contributed by atoms with E-state index in [-0.39, 0.29) is 5.41 Å². The number of Topliss-reactive ketones (excluding diaryl/α,β-unsaturated/α-hetero) is 1. The molecule has 0 aromatic heterocycles. The van der Waals surface area contributed by atoms with Crippen molar-refractivity contribution >= 4 is 22.3 Å². The number of ketones is 1. The molecule has 2 saturated carbocycles. The van der Waals surface area contributed by atoms with E-state index in [2.05, 4.69) is 17.4 Å². The summed E-state index contributed by atoms with van der Waals surface area (Å²) in [5.74, 6) is 2.36. The van der Waals surface area contributed by atoms with Crippen LogP contribution in [0.25, 0.3) is 0 Å². The molecule has 5 nitrogen and oxygen atoms in total. The number of nitrogens with zero attached hydrogens (tertiary/aromatic N) is 1. The van der Waals surface area contributed by atoms with Crippen molar-refractivity contribution in [1.29, 1.82) is 0 Å². The number of benzene rings is 1. The zero-order valence-corrected chi connectivity index (χ0v) is 15.0. The molecule has 2 fully saturated rings. The lowest BCUT2D eigenvalue weighted by Gasteiger charge is -2.48. The van der Waals surface area contributed by atoms with Crippen LogP contribution in [0.3, 0.4) is 0 Å². The van der Waals surface area contributed by atoms with Crippen molar-refractivity contribution in [1.82, 2.24) is 0 Å². The molecule has 0 unspecified atom stereocenters. The molecule has 0 spiro atoms. The maximum Gasteiger partial charge on any atom is 0.428 e. The minimum atomic E-state index is -3.84. The summed E-state index contributed by atoms with van der Waals surface area (Å²) in [6.45, 7) is 2.18. The van der Waals surface area contributed by atoms with E-state index in [1.54, 1.807) is 0 Å². The van der Waals surface area contributed by atoms with Crippen molar-refractivity contribution in [3.8, 4) is 5.75 Å². The molecule has 0 N–H and O–H groups in total. The SMILES string of the molecule is C[C@]12CC[C@@H]3c4cc5c(cc4CC[C@H]3[C@@H]1CCC2=O)OS(=O)(=O)N=C5. The highest BCUT2D eigenvalue weighted by Gasteiger charge is 2.54. The Morgan fingerprint density at radius 3 is 2.88 bits per heavy atom. The first-order valence-corrected chi connectivity index (χ1v) is 10.4. The molecule has 4 aliphatic rings. The third kappa shape index (κ3) is 2.16. The van der Waals surface area contributed by atoms with Crippen molar-refractivity contribution in [2.75, 3.05) is 0 Å². The summed E-state index contributed by atoms with van der Waals surface area (Å²) in [5, 5.41) is 0. The van der Waals surface area contributed by atoms with Gasteiger partial charge in [-0.1, -0.05) is 6.92 Å². The van der Waals surface area contributed by atoms with Crippen LogP contribution >= 0.6 is 0 Å². The van der Waals surface area contributed by atoms with Gasteiger partial charge in [-0.3, -0.25) is 4.79 Å². The third-order valence-electron chi connectivity index (χ3n) is 7.08. The Labute approximate surface area is 147 Å². The van der Waals surface area contributed by atoms with E-state index in [1.807, 2.05) is 6.07 Å². The molecule has 0 bridgehead atoms. The Morgan fingerprint density at radius 1 is 1.20 bits per heavy atom. The van der Waals surface area contributed by atoms with Gasteiger partial charge in [-0.15, -0.1) is 4.40 Å². The molecule has 0 radical (unpaired) electrons. The van der Waals surface area contributed by atoms with Gasteiger partial charge >= 0.3 is 10.3 Å². The summed E-state index contributed by atoms with van der Waals surface area (Å²) >= 11 is 0. The van der Waals surface area contributed by atoms with Crippen molar-refractivity contribution in [3.63, 3.8) is 0 Å². The van der Waals surface area contributed by atoms with Gasteiger partial charge in [0.05, 0.1) is 6.21 Å². The van der Waals surface area contributed by atoms with E-state index in [4.69, 9.17) is 4.18 Å². The van der Waals surface area contributed by atoms with E-state index in [1.165, 1.54) is 17.3 Å². The number of hydrogen-bond donors (Lipinski definition) is 0. The summed E-state index contributed by atoms with van der Waals surface area (Å²) in [6.07, 6.45) is 7.15. The predicted molar refractivity (Wildman–Crippen MR) is 93.2 cm³/mol. The lowest BCUT2D eigenvalue weighted by Crippen LogP contribution is -2.42. The molecular weight excluding hydrogens is 338 g/mol. The highest BCUT2D eigenvalue weighted by atomic mass is 32.2. The first-order valence-electron chi connectivity index (χ1n) is 9.07. The fraction of sp³-hybridized carbons (Fsp3) is 0.579. The zero-order chi connectivity index (χ0) is 17.4. The molecule has 5 rings (SSSR count). The molecule has 0 amide bonds. The minimum absolute atomic E-state index is 0.120. The fourth-order valence-corrected chi connectivity index (χ4v) is 6.47. The predicted octanol–water partition coefficient (Wildman–Crippen LogP) is 3.17. The number of carbonyl (C=O) groups excluding carboxylic acids is 1. The zero-order valence-electron chi connectivity index (χ0n) is 14.2. The van der Waals surface area contributed by atoms with Crippen molar-refractivity contribution in [2.45, 2.75) is 51.4 Å². The quantitative estimate of drug-likeness (QED) is 0.713. The summed E-state index contributed by atoms with van der Waals surface area (Å²) in [7, 11) is -3.84. The van der Waals surface area contributed by atoms with Gasteiger partial charge < -0.3 is 4.18 Å². The number of rotatable bonds is 0. The van der Waals surface area contributed by atoms with Crippen molar-refractivity contribution in [3.05, 3.63) is 28.8 Å². The van der Waals surface area contributed by atoms with E-state index in [0.29, 0.717) is 29.3 Å². The van der Waals surface area contributed by atoms with Crippen LogP contribution in [0.4, 0.5) is 0 Å². The second-order valence-electron chi connectivity index (χ2n) is 8.17. The van der Waals surface area contributed by atoms with Gasteiger partial charge in [0.15, 0.2) is 5.75 Å². The largest absolute Gasteiger partial charge is 0.428 e. The van der Waals surface area contributed by atoms with Crippen LogP contribution in [0, 0.1) is 17.3 Å². The van der Waals surface area contributed by atoms with Crippen molar-refractivity contribution < 1.29 is 17.4 Å². The van der Waals surface area contributed by atoms with E-state index in [9.17, 15) is 13.2 Å². The molecule has 1 aromatic rings. The van der Waals surface area contributed by atoms with Crippen LogP contribution in [0.5, 0.6) is 5.75 Å². The third-order valence-corrected chi connectivity index (χ3v) is 7.83. The topological polar surface area (TPSA) is 72.8 Å². The number of fused-ring (bicyclic) bond motifs is 6. The Morgan fingerprint density at radius 2 is 2.04 bits per heavy atom. The molecule has 1 heterocycles. The van der Waals surface area contributed by atoms with Gasteiger partial charge in [0.2, 0.25) is 0 Å². The smallest absolute Gasteiger partial charge is 0.365 e. The summed E-state index contributed by atoms with van der Waals surface area (Å²) in [4.78, 5) is 12.4. The van der Waals surface area contributed by atoms with Gasteiger partial charge in [-0.25, -0.2) is 0 Å². The average Bonchev–Trinajstić information content (AvgIpc) is 2.87. The molecule has 132 valence electrons. The Bertz CT molecular complexity index is 920. The van der Waals surface area contributed by atoms with Crippen LogP contribution in [-0.2, 0) is 21.5 Å². The Balaban J connectivity index is 1.56. The Hall–Kier alpha value is -1.69. The highest BCUT2D eigenvalue weighted by Crippen LogP contribution is 2.59. The van der Waals surface area contributed by atoms with Crippen LogP contribution in [0.2, 0.25) is 0 Å². The van der Waals surface area contributed by atoms with Gasteiger partial charge in [0, 0.05) is 17.4 Å². The lowest BCUT2D eigenvalue weighted by atomic mass is 9.55. The first kappa shape index (κ1) is 15.6. The number of aryl methyl sites for hydroxylation is 1. The normalized spacial score (nSPS) is 37.5. The molecule has 4 atom stereocenters. The summed E-state index contributed by atoms with van der Waals surface area (Å²) < 4.78 is 31.7. The van der Waals surface area contributed by atoms with Gasteiger partial charge in [-0.2, -0.15) is 8.42 Å². The van der Waals surface area contributed by atoms with Crippen LogP contribution in [0.15, 0.2) is 16.5 Å². The number of hydrogen-bond acceptors (Lipinski definition) is 4. The maximum absolute atomic E-state index is 12.4. The lowest BCUT2D eigenvalue weighted by molar-refractivity contribution is -0.129. The van der Waals surface area contributed by atoms with Gasteiger partial charge in [-0.05, 0) is 73.1 Å². The molecule has 25 heavy (non-hydrogen) atoms. The molecule has 1 aromatic carbocycles. The molecule has 0 saturated heterocycles. The summed E-state index contributed by atoms with van der Waals surface area (Å²) in [5.41, 5.74) is 3.13. The molecule has 3 aliphatic carbocycles. The number of carbonyl (C=O) groups is 1. The van der Waals surface area contributed by atoms with Crippen LogP contribution in [-0.4, -0.2) is 20.4 Å². The molecule has 6 heteroatoms. The second kappa shape index (κ2) is 4.93.